The second-order valence-electron chi connectivity index (χ2n) is 6.46. The van der Waals surface area contributed by atoms with Crippen molar-refractivity contribution in [1.82, 2.24) is 0 Å². The molecule has 0 spiro atoms. The molecule has 4 rings (SSSR count). The molecule has 0 aliphatic carbocycles. The summed E-state index contributed by atoms with van der Waals surface area (Å²) in [4.78, 5) is 24.9. The maximum atomic E-state index is 12.5. The van der Waals surface area contributed by atoms with Gasteiger partial charge in [0, 0.05) is 6.07 Å². The van der Waals surface area contributed by atoms with Crippen molar-refractivity contribution in [3.8, 4) is 23.0 Å². The first kappa shape index (κ1) is 19.3. The highest BCUT2D eigenvalue weighted by Gasteiger charge is 2.27. The standard InChI is InChI=1S/C24H18O6/c1-27-17-11-12-18-21(14-17)30-22(23(18)25)13-15-7-9-16(10-8-15)29-24(26)19-5-3-4-6-20(19)28-2/h3-14H,1-2H3/b22-13-. The molecule has 3 aromatic carbocycles. The normalized spacial score (nSPS) is 13.5. The summed E-state index contributed by atoms with van der Waals surface area (Å²) in [6.45, 7) is 0. The quantitative estimate of drug-likeness (QED) is 0.355. The zero-order chi connectivity index (χ0) is 21.1. The Morgan fingerprint density at radius 1 is 0.900 bits per heavy atom. The second kappa shape index (κ2) is 8.13. The highest BCUT2D eigenvalue weighted by Crippen LogP contribution is 2.34. The molecule has 0 unspecified atom stereocenters. The summed E-state index contributed by atoms with van der Waals surface area (Å²) < 4.78 is 21.4. The molecular weight excluding hydrogens is 384 g/mol. The lowest BCUT2D eigenvalue weighted by molar-refractivity contribution is 0.0731. The van der Waals surface area contributed by atoms with E-state index >= 15 is 0 Å². The van der Waals surface area contributed by atoms with Crippen molar-refractivity contribution in [2.24, 2.45) is 0 Å². The highest BCUT2D eigenvalue weighted by molar-refractivity contribution is 6.14. The van der Waals surface area contributed by atoms with Gasteiger partial charge in [-0.05, 0) is 48.0 Å². The van der Waals surface area contributed by atoms with Gasteiger partial charge in [0.25, 0.3) is 0 Å². The van der Waals surface area contributed by atoms with Crippen molar-refractivity contribution in [2.75, 3.05) is 14.2 Å². The van der Waals surface area contributed by atoms with E-state index in [4.69, 9.17) is 18.9 Å². The molecule has 0 atom stereocenters. The van der Waals surface area contributed by atoms with Crippen molar-refractivity contribution in [3.63, 3.8) is 0 Å². The molecule has 1 heterocycles. The third-order valence-corrected chi connectivity index (χ3v) is 4.59. The number of allylic oxidation sites excluding steroid dienone is 1. The van der Waals surface area contributed by atoms with Crippen LogP contribution in [0.4, 0.5) is 0 Å². The Labute approximate surface area is 173 Å². The van der Waals surface area contributed by atoms with Gasteiger partial charge in [-0.2, -0.15) is 0 Å². The Kier molecular flexibility index (Phi) is 5.22. The molecule has 0 saturated carbocycles. The Bertz CT molecular complexity index is 1140. The Hall–Kier alpha value is -4.06. The first-order valence-electron chi connectivity index (χ1n) is 9.16. The van der Waals surface area contributed by atoms with Gasteiger partial charge in [0.1, 0.15) is 28.6 Å². The predicted octanol–water partition coefficient (Wildman–Crippen LogP) is 4.54. The van der Waals surface area contributed by atoms with Gasteiger partial charge in [0.15, 0.2) is 5.76 Å². The van der Waals surface area contributed by atoms with Gasteiger partial charge in [0.05, 0.1) is 19.8 Å². The molecule has 3 aromatic rings. The zero-order valence-corrected chi connectivity index (χ0v) is 16.4. The van der Waals surface area contributed by atoms with Crippen molar-refractivity contribution in [3.05, 3.63) is 89.2 Å². The highest BCUT2D eigenvalue weighted by atomic mass is 16.5. The minimum atomic E-state index is -0.516. The molecule has 0 amide bonds. The minimum absolute atomic E-state index is 0.195. The Morgan fingerprint density at radius 3 is 2.37 bits per heavy atom. The Balaban J connectivity index is 1.49. The molecule has 0 saturated heterocycles. The van der Waals surface area contributed by atoms with Crippen LogP contribution in [0.2, 0.25) is 0 Å². The van der Waals surface area contributed by atoms with E-state index in [9.17, 15) is 9.59 Å². The molecule has 1 aliphatic heterocycles. The number of ether oxygens (including phenoxy) is 4. The molecule has 6 nitrogen and oxygen atoms in total. The van der Waals surface area contributed by atoms with Gasteiger partial charge in [-0.15, -0.1) is 0 Å². The topological polar surface area (TPSA) is 71.1 Å². The van der Waals surface area contributed by atoms with Gasteiger partial charge in [-0.25, -0.2) is 4.79 Å². The van der Waals surface area contributed by atoms with Crippen molar-refractivity contribution >= 4 is 17.8 Å². The third kappa shape index (κ3) is 3.75. The lowest BCUT2D eigenvalue weighted by Crippen LogP contribution is -2.10. The smallest absolute Gasteiger partial charge is 0.347 e. The summed E-state index contributed by atoms with van der Waals surface area (Å²) in [7, 11) is 3.05. The van der Waals surface area contributed by atoms with Crippen LogP contribution in [0.5, 0.6) is 23.0 Å². The number of benzene rings is 3. The van der Waals surface area contributed by atoms with Crippen LogP contribution in [0.15, 0.2) is 72.5 Å². The fourth-order valence-corrected chi connectivity index (χ4v) is 3.05. The summed E-state index contributed by atoms with van der Waals surface area (Å²) in [6.07, 6.45) is 1.64. The third-order valence-electron chi connectivity index (χ3n) is 4.59. The van der Waals surface area contributed by atoms with Crippen molar-refractivity contribution in [2.45, 2.75) is 0 Å². The second-order valence-corrected chi connectivity index (χ2v) is 6.46. The van der Waals surface area contributed by atoms with E-state index in [-0.39, 0.29) is 11.5 Å². The van der Waals surface area contributed by atoms with Crippen LogP contribution in [0, 0.1) is 0 Å². The van der Waals surface area contributed by atoms with Gasteiger partial charge < -0.3 is 18.9 Å². The molecule has 1 aliphatic rings. The molecular formula is C24H18O6. The van der Waals surface area contributed by atoms with Crippen LogP contribution in [0.1, 0.15) is 26.3 Å². The largest absolute Gasteiger partial charge is 0.497 e. The fraction of sp³-hybridized carbons (Fsp3) is 0.0833. The van der Waals surface area contributed by atoms with Crippen LogP contribution < -0.4 is 18.9 Å². The monoisotopic (exact) mass is 402 g/mol. The van der Waals surface area contributed by atoms with E-state index < -0.39 is 5.97 Å². The summed E-state index contributed by atoms with van der Waals surface area (Å²) >= 11 is 0. The van der Waals surface area contributed by atoms with Gasteiger partial charge in [-0.3, -0.25) is 4.79 Å². The molecule has 150 valence electrons. The predicted molar refractivity (Wildman–Crippen MR) is 110 cm³/mol. The number of Topliss-reactive ketones (excluding diaryl/α,β-unsaturated/α-hetero) is 1. The number of para-hydroxylation sites is 1. The van der Waals surface area contributed by atoms with Crippen LogP contribution in [0.3, 0.4) is 0 Å². The molecule has 0 aromatic heterocycles. The van der Waals surface area contributed by atoms with Gasteiger partial charge >= 0.3 is 5.97 Å². The number of ketones is 1. The number of esters is 1. The number of carbonyl (C=O) groups is 2. The molecule has 30 heavy (non-hydrogen) atoms. The van der Waals surface area contributed by atoms with Crippen molar-refractivity contribution in [1.29, 1.82) is 0 Å². The van der Waals surface area contributed by atoms with E-state index in [2.05, 4.69) is 0 Å². The van der Waals surface area contributed by atoms with Gasteiger partial charge in [-0.1, -0.05) is 24.3 Å². The maximum Gasteiger partial charge on any atom is 0.347 e. The maximum absolute atomic E-state index is 12.5. The summed E-state index contributed by atoms with van der Waals surface area (Å²) in [5.41, 5.74) is 1.56. The minimum Gasteiger partial charge on any atom is -0.497 e. The van der Waals surface area contributed by atoms with Crippen LogP contribution in [-0.4, -0.2) is 26.0 Å². The number of methoxy groups -OCH3 is 2. The number of fused-ring (bicyclic) bond motifs is 1. The van der Waals surface area contributed by atoms with Gasteiger partial charge in [0.2, 0.25) is 5.78 Å². The van der Waals surface area contributed by atoms with Crippen molar-refractivity contribution < 1.29 is 28.5 Å². The van der Waals surface area contributed by atoms with E-state index in [1.54, 1.807) is 79.9 Å². The zero-order valence-electron chi connectivity index (χ0n) is 16.4. The molecule has 6 heteroatoms. The van der Waals surface area contributed by atoms with Crippen LogP contribution >= 0.6 is 0 Å². The van der Waals surface area contributed by atoms with E-state index in [0.29, 0.717) is 34.1 Å². The number of hydrogen-bond donors (Lipinski definition) is 0. The molecule has 0 N–H and O–H groups in total. The molecule has 0 bridgehead atoms. The Morgan fingerprint density at radius 2 is 1.63 bits per heavy atom. The summed E-state index contributed by atoms with van der Waals surface area (Å²) in [6, 6.07) is 18.7. The van der Waals surface area contributed by atoms with Crippen LogP contribution in [0.25, 0.3) is 6.08 Å². The van der Waals surface area contributed by atoms with E-state index in [1.807, 2.05) is 0 Å². The average Bonchev–Trinajstić information content (AvgIpc) is 3.09. The lowest BCUT2D eigenvalue weighted by Gasteiger charge is -2.08. The first-order valence-corrected chi connectivity index (χ1v) is 9.16. The van der Waals surface area contributed by atoms with Crippen LogP contribution in [-0.2, 0) is 0 Å². The van der Waals surface area contributed by atoms with E-state index in [1.165, 1.54) is 7.11 Å². The molecule has 0 fully saturated rings. The number of rotatable bonds is 5. The molecule has 0 radical (unpaired) electrons. The van der Waals surface area contributed by atoms with E-state index in [0.717, 1.165) is 5.56 Å². The summed E-state index contributed by atoms with van der Waals surface area (Å²) in [5.74, 6) is 1.40. The SMILES string of the molecule is COc1ccc2c(c1)O/C(=C\c1ccc(OC(=O)c3ccccc3OC)cc1)C2=O. The lowest BCUT2D eigenvalue weighted by atomic mass is 10.1. The number of hydrogen-bond acceptors (Lipinski definition) is 6. The summed E-state index contributed by atoms with van der Waals surface area (Å²) in [5, 5.41) is 0. The first-order chi connectivity index (χ1) is 14.6. The number of carbonyl (C=O) groups excluding carboxylic acids is 2. The average molecular weight is 402 g/mol. The fourth-order valence-electron chi connectivity index (χ4n) is 3.05.